The highest BCUT2D eigenvalue weighted by Gasteiger charge is 2.49. The molecule has 11 nitrogen and oxygen atoms in total. The molecular weight excluding hydrogens is 404 g/mol. The van der Waals surface area contributed by atoms with Crippen molar-refractivity contribution in [1.29, 1.82) is 0 Å². The second-order valence-electron chi connectivity index (χ2n) is 7.33. The monoisotopic (exact) mass is 430 g/mol. The molecule has 4 N–H and O–H groups in total. The van der Waals surface area contributed by atoms with Gasteiger partial charge in [-0.15, -0.1) is 0 Å². The van der Waals surface area contributed by atoms with E-state index >= 15 is 0 Å². The van der Waals surface area contributed by atoms with Gasteiger partial charge in [-0.3, -0.25) is 4.79 Å². The summed E-state index contributed by atoms with van der Waals surface area (Å²) in [7, 11) is 1.25. The molecule has 168 valence electrons. The fraction of sp³-hybridized carbons (Fsp3) is 0.684. The molecule has 0 aromatic heterocycles. The molecule has 1 aliphatic carbocycles. The molecule has 0 saturated carbocycles. The van der Waals surface area contributed by atoms with Crippen molar-refractivity contribution in [3.8, 4) is 0 Å². The Morgan fingerprint density at radius 1 is 1.17 bits per heavy atom. The highest BCUT2D eigenvalue weighted by atomic mass is 16.8. The van der Waals surface area contributed by atoms with E-state index in [9.17, 15) is 30.0 Å². The fourth-order valence-electron chi connectivity index (χ4n) is 3.90. The van der Waals surface area contributed by atoms with E-state index in [0.29, 0.717) is 12.0 Å². The van der Waals surface area contributed by atoms with Crippen molar-refractivity contribution >= 4 is 11.9 Å². The average Bonchev–Trinajstić information content (AvgIpc) is 3.16. The second kappa shape index (κ2) is 9.41. The Hall–Kier alpha value is -2.02. The van der Waals surface area contributed by atoms with Crippen molar-refractivity contribution in [3.63, 3.8) is 0 Å². The first kappa shape index (κ1) is 22.7. The van der Waals surface area contributed by atoms with Crippen LogP contribution in [0.1, 0.15) is 13.3 Å². The molecule has 30 heavy (non-hydrogen) atoms. The third-order valence-corrected chi connectivity index (χ3v) is 5.50. The molecule has 2 heterocycles. The molecule has 0 aromatic rings. The number of carbonyl (C=O) groups excluding carboxylic acids is 2. The van der Waals surface area contributed by atoms with Gasteiger partial charge in [-0.1, -0.05) is 6.08 Å². The van der Waals surface area contributed by atoms with Gasteiger partial charge in [0.1, 0.15) is 31.0 Å². The zero-order valence-electron chi connectivity index (χ0n) is 16.5. The molecule has 0 unspecified atom stereocenters. The van der Waals surface area contributed by atoms with Crippen molar-refractivity contribution < 1.29 is 53.7 Å². The number of hydrogen-bond donors (Lipinski definition) is 4. The fourth-order valence-corrected chi connectivity index (χ4v) is 3.90. The molecule has 0 radical (unpaired) electrons. The van der Waals surface area contributed by atoms with Gasteiger partial charge in [0.2, 0.25) is 6.29 Å². The predicted molar refractivity (Wildman–Crippen MR) is 96.1 cm³/mol. The zero-order valence-corrected chi connectivity index (χ0v) is 16.5. The maximum absolute atomic E-state index is 12.1. The number of aliphatic hydroxyl groups excluding tert-OH is 4. The quantitative estimate of drug-likeness (QED) is 0.282. The number of esters is 2. The molecule has 8 atom stereocenters. The average molecular weight is 430 g/mol. The van der Waals surface area contributed by atoms with Crippen LogP contribution in [0.3, 0.4) is 0 Å². The van der Waals surface area contributed by atoms with Crippen LogP contribution in [0.15, 0.2) is 23.5 Å². The third-order valence-electron chi connectivity index (χ3n) is 5.50. The molecule has 1 saturated heterocycles. The summed E-state index contributed by atoms with van der Waals surface area (Å²) < 4.78 is 26.6. The van der Waals surface area contributed by atoms with Gasteiger partial charge in [0.25, 0.3) is 0 Å². The SMILES string of the molecule is COC(=O)C1=CO[C@@H](O[C@@H]2O[C@H](CO)[C@@H](O)[C@H](O)[C@H]2O)[C@H]2C(COC(C)=O)=CC[C@@H]12. The highest BCUT2D eigenvalue weighted by molar-refractivity contribution is 5.89. The Labute approximate surface area is 172 Å². The number of methoxy groups -OCH3 is 1. The molecule has 0 bridgehead atoms. The molecule has 3 rings (SSSR count). The zero-order chi connectivity index (χ0) is 22.0. The largest absolute Gasteiger partial charge is 0.471 e. The summed E-state index contributed by atoms with van der Waals surface area (Å²) in [5, 5.41) is 39.5. The predicted octanol–water partition coefficient (Wildman–Crippen LogP) is -1.66. The first-order chi connectivity index (χ1) is 14.3. The number of hydrogen-bond acceptors (Lipinski definition) is 11. The second-order valence-corrected chi connectivity index (χ2v) is 7.33. The normalized spacial score (nSPS) is 38.1. The number of allylic oxidation sites excluding steroid dienone is 1. The number of ether oxygens (including phenoxy) is 5. The van der Waals surface area contributed by atoms with E-state index in [-0.39, 0.29) is 18.1 Å². The van der Waals surface area contributed by atoms with E-state index in [1.54, 1.807) is 0 Å². The van der Waals surface area contributed by atoms with Crippen LogP contribution in [0.4, 0.5) is 0 Å². The Morgan fingerprint density at radius 3 is 2.53 bits per heavy atom. The van der Waals surface area contributed by atoms with Crippen LogP contribution in [-0.4, -0.2) is 89.7 Å². The maximum Gasteiger partial charge on any atom is 0.337 e. The van der Waals surface area contributed by atoms with Crippen LogP contribution < -0.4 is 0 Å². The van der Waals surface area contributed by atoms with Crippen LogP contribution in [0, 0.1) is 11.8 Å². The van der Waals surface area contributed by atoms with Gasteiger partial charge in [-0.2, -0.15) is 0 Å². The van der Waals surface area contributed by atoms with Crippen molar-refractivity contribution in [2.24, 2.45) is 11.8 Å². The van der Waals surface area contributed by atoms with E-state index in [0.717, 1.165) is 0 Å². The summed E-state index contributed by atoms with van der Waals surface area (Å²) in [6.07, 6.45) is -4.91. The van der Waals surface area contributed by atoms with E-state index < -0.39 is 61.5 Å². The van der Waals surface area contributed by atoms with Crippen LogP contribution in [0.2, 0.25) is 0 Å². The highest BCUT2D eigenvalue weighted by Crippen LogP contribution is 2.44. The van der Waals surface area contributed by atoms with Gasteiger partial charge in [-0.25, -0.2) is 4.79 Å². The summed E-state index contributed by atoms with van der Waals surface area (Å²) in [6.45, 7) is 0.626. The van der Waals surface area contributed by atoms with E-state index in [2.05, 4.69) is 0 Å². The van der Waals surface area contributed by atoms with Crippen LogP contribution in [0.5, 0.6) is 0 Å². The van der Waals surface area contributed by atoms with Crippen molar-refractivity contribution in [2.75, 3.05) is 20.3 Å². The molecular formula is C19H26O11. The smallest absolute Gasteiger partial charge is 0.337 e. The van der Waals surface area contributed by atoms with E-state index in [1.807, 2.05) is 6.08 Å². The topological polar surface area (TPSA) is 161 Å². The van der Waals surface area contributed by atoms with Crippen molar-refractivity contribution in [3.05, 3.63) is 23.5 Å². The lowest BCUT2D eigenvalue weighted by Gasteiger charge is -2.42. The van der Waals surface area contributed by atoms with Gasteiger partial charge >= 0.3 is 11.9 Å². The van der Waals surface area contributed by atoms with Crippen molar-refractivity contribution in [2.45, 2.75) is 50.3 Å². The molecule has 0 spiro atoms. The van der Waals surface area contributed by atoms with Crippen LogP contribution in [-0.2, 0) is 33.3 Å². The summed E-state index contributed by atoms with van der Waals surface area (Å²) in [6, 6.07) is 0. The minimum Gasteiger partial charge on any atom is -0.471 e. The summed E-state index contributed by atoms with van der Waals surface area (Å²) in [5.74, 6) is -1.99. The lowest BCUT2D eigenvalue weighted by molar-refractivity contribution is -0.339. The molecule has 0 amide bonds. The molecule has 3 aliphatic rings. The number of aliphatic hydroxyl groups is 4. The first-order valence-electron chi connectivity index (χ1n) is 9.50. The van der Waals surface area contributed by atoms with Gasteiger partial charge in [0.15, 0.2) is 6.29 Å². The van der Waals surface area contributed by atoms with E-state index in [1.165, 1.54) is 20.3 Å². The van der Waals surface area contributed by atoms with Crippen molar-refractivity contribution in [1.82, 2.24) is 0 Å². The molecule has 11 heteroatoms. The van der Waals surface area contributed by atoms with E-state index in [4.69, 9.17) is 23.7 Å². The Kier molecular flexibility index (Phi) is 7.11. The number of carbonyl (C=O) groups is 2. The van der Waals surface area contributed by atoms with Crippen LogP contribution in [0.25, 0.3) is 0 Å². The Bertz CT molecular complexity index is 715. The van der Waals surface area contributed by atoms with Gasteiger partial charge in [-0.05, 0) is 12.0 Å². The lowest BCUT2D eigenvalue weighted by Crippen LogP contribution is -2.60. The molecule has 2 aliphatic heterocycles. The maximum atomic E-state index is 12.1. The standard InChI is InChI=1S/C19H26O11/c1-8(21)27-6-9-3-4-10-11(17(25)26-2)7-28-18(13(9)10)30-19-16(24)15(23)14(22)12(5-20)29-19/h3,7,10,12-16,18-20,22-24H,4-6H2,1-2H3/t10-,12+,13-,14+,15-,16+,18-,19-/m0/s1. The van der Waals surface area contributed by atoms with Crippen LogP contribution >= 0.6 is 0 Å². The molecule has 0 aromatic carbocycles. The van der Waals surface area contributed by atoms with Gasteiger partial charge in [0, 0.05) is 12.8 Å². The molecule has 1 fully saturated rings. The summed E-state index contributed by atoms with van der Waals surface area (Å²) in [5.41, 5.74) is 0.935. The summed E-state index contributed by atoms with van der Waals surface area (Å²) >= 11 is 0. The minimum absolute atomic E-state index is 0.0388. The lowest BCUT2D eigenvalue weighted by atomic mass is 9.83. The number of rotatable bonds is 6. The Morgan fingerprint density at radius 2 is 1.90 bits per heavy atom. The summed E-state index contributed by atoms with van der Waals surface area (Å²) in [4.78, 5) is 23.3. The third kappa shape index (κ3) is 4.36. The Balaban J connectivity index is 1.81. The first-order valence-corrected chi connectivity index (χ1v) is 9.50. The van der Waals surface area contributed by atoms with Gasteiger partial charge in [0.05, 0.1) is 31.5 Å². The minimum atomic E-state index is -1.61. The number of fused-ring (bicyclic) bond motifs is 1. The van der Waals surface area contributed by atoms with Gasteiger partial charge < -0.3 is 44.1 Å².